The number of halogens is 1. The highest BCUT2D eigenvalue weighted by Gasteiger charge is 2.44. The van der Waals surface area contributed by atoms with Gasteiger partial charge in [0.2, 0.25) is 0 Å². The first-order valence-corrected chi connectivity index (χ1v) is 9.89. The average molecular weight is 506 g/mol. The summed E-state index contributed by atoms with van der Waals surface area (Å²) in [5, 5.41) is 17.3. The van der Waals surface area contributed by atoms with Crippen molar-refractivity contribution in [2.75, 3.05) is 0 Å². The van der Waals surface area contributed by atoms with Gasteiger partial charge in [0.15, 0.2) is 5.78 Å². The van der Waals surface area contributed by atoms with Crippen molar-refractivity contribution < 1.29 is 19.4 Å². The van der Waals surface area contributed by atoms with Crippen molar-refractivity contribution in [2.24, 2.45) is 5.11 Å². The molecule has 0 saturated heterocycles. The topological polar surface area (TPSA) is 124 Å². The van der Waals surface area contributed by atoms with Gasteiger partial charge < -0.3 is 15.2 Å². The third-order valence-corrected chi connectivity index (χ3v) is 5.56. The minimum absolute atomic E-state index is 0.128. The molecule has 0 aromatic heterocycles. The van der Waals surface area contributed by atoms with E-state index in [1.54, 1.807) is 44.2 Å². The maximum atomic E-state index is 12.9. The number of amides is 1. The van der Waals surface area contributed by atoms with Crippen molar-refractivity contribution in [2.45, 2.75) is 38.5 Å². The molecule has 0 radical (unpaired) electrons. The summed E-state index contributed by atoms with van der Waals surface area (Å²) in [4.78, 5) is 27.5. The molecule has 0 unspecified atom stereocenters. The smallest absolute Gasteiger partial charge is 0.251 e. The fourth-order valence-electron chi connectivity index (χ4n) is 3.19. The Morgan fingerprint density at radius 1 is 1.28 bits per heavy atom. The number of nitrogens with one attached hydrogen (secondary N) is 1. The number of ether oxygens (including phenoxy) is 1. The molecular weight excluding hydrogens is 487 g/mol. The lowest BCUT2D eigenvalue weighted by atomic mass is 9.85. The van der Waals surface area contributed by atoms with Crippen LogP contribution in [0, 0.1) is 3.57 Å². The van der Waals surface area contributed by atoms with Crippen molar-refractivity contribution in [3.05, 3.63) is 67.1 Å². The third kappa shape index (κ3) is 4.21. The van der Waals surface area contributed by atoms with Gasteiger partial charge in [-0.25, -0.2) is 0 Å². The molecule has 1 aliphatic heterocycles. The first-order chi connectivity index (χ1) is 13.6. The van der Waals surface area contributed by atoms with Crippen LogP contribution in [0.25, 0.3) is 10.4 Å². The van der Waals surface area contributed by atoms with E-state index in [1.807, 2.05) is 0 Å². The Bertz CT molecular complexity index is 1050. The fraction of sp³-hybridized carbons (Fsp3) is 0.300. The highest BCUT2D eigenvalue weighted by atomic mass is 127. The van der Waals surface area contributed by atoms with Crippen LogP contribution < -0.4 is 10.1 Å². The van der Waals surface area contributed by atoms with Crippen LogP contribution in [0.3, 0.4) is 0 Å². The number of ketones is 1. The Labute approximate surface area is 181 Å². The molecule has 0 aliphatic carbocycles. The van der Waals surface area contributed by atoms with Gasteiger partial charge in [-0.2, -0.15) is 0 Å². The average Bonchev–Trinajstić information content (AvgIpc) is 2.66. The predicted octanol–water partition coefficient (Wildman–Crippen LogP) is 4.44. The highest BCUT2D eigenvalue weighted by Crippen LogP contribution is 2.43. The molecule has 2 atom stereocenters. The van der Waals surface area contributed by atoms with Gasteiger partial charge in [0.1, 0.15) is 17.5 Å². The summed E-state index contributed by atoms with van der Waals surface area (Å²) >= 11 is 2.08. The number of carbonyl (C=O) groups is 2. The van der Waals surface area contributed by atoms with Crippen molar-refractivity contribution >= 4 is 40.0 Å². The van der Waals surface area contributed by atoms with Gasteiger partial charge >= 0.3 is 0 Å². The number of rotatable bonds is 4. The van der Waals surface area contributed by atoms with Crippen molar-refractivity contribution in [1.82, 2.24) is 5.32 Å². The van der Waals surface area contributed by atoms with Crippen LogP contribution in [0.1, 0.15) is 53.1 Å². The minimum Gasteiger partial charge on any atom is -0.484 e. The number of carbonyl (C=O) groups excluding carboxylic acids is 2. The molecule has 8 nitrogen and oxygen atoms in total. The van der Waals surface area contributed by atoms with Gasteiger partial charge in [0.05, 0.1) is 9.61 Å². The molecule has 2 aromatic rings. The monoisotopic (exact) mass is 506 g/mol. The Morgan fingerprint density at radius 3 is 2.66 bits per heavy atom. The zero-order valence-electron chi connectivity index (χ0n) is 16.0. The Hall–Kier alpha value is -2.62. The molecule has 9 heteroatoms. The quantitative estimate of drug-likeness (QED) is 0.209. The lowest BCUT2D eigenvalue weighted by Crippen LogP contribution is -2.53. The van der Waals surface area contributed by atoms with E-state index < -0.39 is 23.7 Å². The number of aliphatic hydroxyl groups is 1. The van der Waals surface area contributed by atoms with Crippen LogP contribution in [-0.4, -0.2) is 28.5 Å². The second-order valence-electron chi connectivity index (χ2n) is 7.27. The van der Waals surface area contributed by atoms with Gasteiger partial charge in [-0.05, 0) is 73.2 Å². The Balaban J connectivity index is 2.04. The number of hydrogen-bond donors (Lipinski definition) is 2. The van der Waals surface area contributed by atoms with E-state index >= 15 is 0 Å². The molecule has 2 aromatic carbocycles. The summed E-state index contributed by atoms with van der Waals surface area (Å²) < 4.78 is 6.71. The normalized spacial score (nSPS) is 19.3. The van der Waals surface area contributed by atoms with Crippen LogP contribution in [0.2, 0.25) is 0 Å². The van der Waals surface area contributed by atoms with Crippen LogP contribution >= 0.6 is 22.6 Å². The number of benzene rings is 2. The van der Waals surface area contributed by atoms with Gasteiger partial charge in [0, 0.05) is 27.3 Å². The zero-order valence-corrected chi connectivity index (χ0v) is 18.2. The van der Waals surface area contributed by atoms with Crippen LogP contribution in [0.4, 0.5) is 5.69 Å². The molecule has 1 heterocycles. The third-order valence-electron chi connectivity index (χ3n) is 4.76. The lowest BCUT2D eigenvalue weighted by Gasteiger charge is -2.42. The van der Waals surface area contributed by atoms with E-state index in [9.17, 15) is 14.7 Å². The highest BCUT2D eigenvalue weighted by molar-refractivity contribution is 14.1. The predicted molar refractivity (Wildman–Crippen MR) is 115 cm³/mol. The molecule has 0 spiro atoms. The summed E-state index contributed by atoms with van der Waals surface area (Å²) in [6, 6.07) is 8.80. The van der Waals surface area contributed by atoms with Gasteiger partial charge in [0.25, 0.3) is 5.91 Å². The molecule has 0 saturated carbocycles. The number of Topliss-reactive ketones (excluding diaryl/α,β-unsaturated/α-hetero) is 1. The van der Waals surface area contributed by atoms with Crippen molar-refractivity contribution in [3.63, 3.8) is 0 Å². The summed E-state index contributed by atoms with van der Waals surface area (Å²) in [7, 11) is 0. The molecule has 3 rings (SSSR count). The van der Waals surface area contributed by atoms with E-state index in [-0.39, 0.29) is 11.3 Å². The van der Waals surface area contributed by atoms with Crippen LogP contribution in [0.15, 0.2) is 41.5 Å². The Morgan fingerprint density at radius 2 is 2.00 bits per heavy atom. The molecule has 150 valence electrons. The number of hydrogen-bond acceptors (Lipinski definition) is 5. The van der Waals surface area contributed by atoms with Crippen LogP contribution in [0.5, 0.6) is 5.75 Å². The molecular formula is C20H19IN4O4. The van der Waals surface area contributed by atoms with Crippen molar-refractivity contribution in [1.29, 1.82) is 0 Å². The van der Waals surface area contributed by atoms with E-state index in [4.69, 9.17) is 10.3 Å². The number of fused-ring (bicyclic) bond motifs is 1. The van der Waals surface area contributed by atoms with Gasteiger partial charge in [-0.3, -0.25) is 9.59 Å². The zero-order chi connectivity index (χ0) is 21.3. The molecule has 0 fully saturated rings. The summed E-state index contributed by atoms with van der Waals surface area (Å²) in [5.74, 6) is -0.0489. The summed E-state index contributed by atoms with van der Waals surface area (Å²) in [5.41, 5.74) is 9.22. The van der Waals surface area contributed by atoms with E-state index in [2.05, 4.69) is 37.9 Å². The lowest BCUT2D eigenvalue weighted by molar-refractivity contribution is -0.0633. The molecule has 2 N–H and O–H groups in total. The molecule has 0 bridgehead atoms. The fourth-order valence-corrected chi connectivity index (χ4v) is 3.95. The van der Waals surface area contributed by atoms with E-state index in [1.165, 1.54) is 13.0 Å². The second-order valence-corrected chi connectivity index (χ2v) is 8.44. The summed E-state index contributed by atoms with van der Waals surface area (Å²) in [6.07, 6.45) is -1.06. The first-order valence-electron chi connectivity index (χ1n) is 8.81. The van der Waals surface area contributed by atoms with Gasteiger partial charge in [-0.1, -0.05) is 17.2 Å². The largest absolute Gasteiger partial charge is 0.484 e. The maximum absolute atomic E-state index is 12.9. The van der Waals surface area contributed by atoms with Gasteiger partial charge in [-0.15, -0.1) is 0 Å². The molecule has 1 amide bonds. The van der Waals surface area contributed by atoms with Crippen molar-refractivity contribution in [3.8, 4) is 5.75 Å². The minimum atomic E-state index is -1.06. The summed E-state index contributed by atoms with van der Waals surface area (Å²) in [6.45, 7) is 4.92. The molecule has 29 heavy (non-hydrogen) atoms. The van der Waals surface area contributed by atoms with E-state index in [0.717, 1.165) is 3.57 Å². The number of aliphatic hydroxyl groups excluding tert-OH is 1. The van der Waals surface area contributed by atoms with E-state index in [0.29, 0.717) is 22.6 Å². The SMILES string of the molecule is CC(=O)c1cc(I)c2c(c1)[C@@H](NC(=O)c1cccc(N=[N+]=[N-])c1)[C@H](O)C(C)(C)O2. The number of azide groups is 1. The van der Waals surface area contributed by atoms with Crippen LogP contribution in [-0.2, 0) is 0 Å². The molecule has 1 aliphatic rings. The maximum Gasteiger partial charge on any atom is 0.251 e. The Kier molecular flexibility index (Phi) is 5.83. The first kappa shape index (κ1) is 21.1. The standard InChI is InChI=1S/C20H19IN4O4/c1-10(26)12-8-14-16(18(27)20(2,3)29-17(14)15(21)9-12)23-19(28)11-5-4-6-13(7-11)24-25-22/h4-9,16,18,27H,1-3H3,(H,23,28)/t16-,18+/m1/s1. The second kappa shape index (κ2) is 8.02. The number of nitrogens with zero attached hydrogens (tertiary/aromatic N) is 3.